The number of carbonyl (C=O) groups is 2. The molecule has 2 amide bonds. The van der Waals surface area contributed by atoms with Crippen molar-refractivity contribution < 1.29 is 41.0 Å². The van der Waals surface area contributed by atoms with E-state index in [0.717, 1.165) is 23.0 Å². The molecule has 2 fully saturated rings. The van der Waals surface area contributed by atoms with Gasteiger partial charge in [-0.2, -0.15) is 23.5 Å². The molecule has 2 atom stereocenters. The summed E-state index contributed by atoms with van der Waals surface area (Å²) in [5, 5.41) is 24.2. The lowest BCUT2D eigenvalue weighted by molar-refractivity contribution is -0.141. The lowest BCUT2D eigenvalue weighted by atomic mass is 10.1. The lowest BCUT2D eigenvalue weighted by Crippen LogP contribution is -2.33. The molecular formula is C37H33F5N10O4. The van der Waals surface area contributed by atoms with Crippen LogP contribution in [0.25, 0.3) is 5.82 Å². The molecule has 5 heterocycles. The zero-order valence-corrected chi connectivity index (χ0v) is 29.5. The minimum absolute atomic E-state index is 0.00328. The molecule has 0 aliphatic carbocycles. The molecule has 2 aromatic carbocycles. The SMILES string of the molecule is Cc1nc(C(=O)Nc2ccc([C@H]3CNCCO3)cc2F)ccc1C#N.O=C(Nc1ccc([C@H]2CNCCO2)c(F)c1)c1cnn(-c2cnc(C(F)(F)F)cn2)c1. The van der Waals surface area contributed by atoms with Gasteiger partial charge in [0, 0.05) is 43.6 Å². The normalized spacial score (nSPS) is 16.9. The minimum Gasteiger partial charge on any atom is -0.371 e. The fraction of sp³-hybridized carbons (Fsp3) is 0.270. The number of nitriles is 1. The van der Waals surface area contributed by atoms with Crippen molar-refractivity contribution in [3.8, 4) is 11.9 Å². The van der Waals surface area contributed by atoms with Crippen LogP contribution in [0.2, 0.25) is 0 Å². The smallest absolute Gasteiger partial charge is 0.371 e. The van der Waals surface area contributed by atoms with Crippen molar-refractivity contribution in [2.24, 2.45) is 0 Å². The Morgan fingerprint density at radius 3 is 2.25 bits per heavy atom. The zero-order chi connectivity index (χ0) is 39.8. The summed E-state index contributed by atoms with van der Waals surface area (Å²) in [6, 6.07) is 13.8. The predicted octanol–water partition coefficient (Wildman–Crippen LogP) is 5.05. The number of alkyl halides is 3. The van der Waals surface area contributed by atoms with Crippen LogP contribution in [-0.4, -0.2) is 75.9 Å². The van der Waals surface area contributed by atoms with Crippen molar-refractivity contribution in [3.63, 3.8) is 0 Å². The van der Waals surface area contributed by atoms with E-state index in [-0.39, 0.29) is 34.6 Å². The van der Waals surface area contributed by atoms with Crippen LogP contribution in [0.5, 0.6) is 0 Å². The molecule has 0 saturated carbocycles. The van der Waals surface area contributed by atoms with E-state index >= 15 is 0 Å². The van der Waals surface area contributed by atoms with Gasteiger partial charge in [-0.25, -0.2) is 28.4 Å². The molecule has 0 spiro atoms. The van der Waals surface area contributed by atoms with Crippen LogP contribution in [0.3, 0.4) is 0 Å². The number of ether oxygens (including phenoxy) is 2. The molecule has 3 aromatic heterocycles. The minimum atomic E-state index is -4.61. The Bertz CT molecular complexity index is 2230. The monoisotopic (exact) mass is 776 g/mol. The molecule has 2 aliphatic rings. The van der Waals surface area contributed by atoms with Gasteiger partial charge in [0.2, 0.25) is 0 Å². The van der Waals surface area contributed by atoms with E-state index in [1.807, 2.05) is 6.07 Å². The molecule has 0 unspecified atom stereocenters. The third-order valence-electron chi connectivity index (χ3n) is 8.52. The molecule has 2 saturated heterocycles. The summed E-state index contributed by atoms with van der Waals surface area (Å²) < 4.78 is 78.8. The number of morpholine rings is 2. The van der Waals surface area contributed by atoms with E-state index < -0.39 is 41.4 Å². The summed E-state index contributed by atoms with van der Waals surface area (Å²) in [7, 11) is 0. The first kappa shape index (κ1) is 39.5. The number of rotatable bonds is 7. The highest BCUT2D eigenvalue weighted by Gasteiger charge is 2.33. The number of aromatic nitrogens is 5. The first-order chi connectivity index (χ1) is 26.9. The number of carbonyl (C=O) groups excluding carboxylic acids is 2. The van der Waals surface area contributed by atoms with E-state index in [9.17, 15) is 31.5 Å². The Labute approximate surface area is 316 Å². The van der Waals surface area contributed by atoms with Gasteiger partial charge in [-0.1, -0.05) is 12.1 Å². The third-order valence-corrected chi connectivity index (χ3v) is 8.52. The van der Waals surface area contributed by atoms with Gasteiger partial charge in [-0.05, 0) is 48.9 Å². The Kier molecular flexibility index (Phi) is 12.3. The second-order valence-corrected chi connectivity index (χ2v) is 12.4. The molecule has 4 N–H and O–H groups in total. The third kappa shape index (κ3) is 9.72. The molecule has 19 heteroatoms. The predicted molar refractivity (Wildman–Crippen MR) is 190 cm³/mol. The molecule has 14 nitrogen and oxygen atoms in total. The number of benzene rings is 2. The quantitative estimate of drug-likeness (QED) is 0.163. The number of pyridine rings is 1. The van der Waals surface area contributed by atoms with Gasteiger partial charge >= 0.3 is 6.18 Å². The summed E-state index contributed by atoms with van der Waals surface area (Å²) in [6.07, 6.45) is -1.25. The van der Waals surface area contributed by atoms with Gasteiger partial charge in [-0.3, -0.25) is 9.59 Å². The number of hydrogen-bond acceptors (Lipinski definition) is 11. The number of hydrogen-bond donors (Lipinski definition) is 4. The van der Waals surface area contributed by atoms with Crippen LogP contribution in [0, 0.1) is 29.9 Å². The number of nitrogens with one attached hydrogen (secondary N) is 4. The van der Waals surface area contributed by atoms with Gasteiger partial charge in [0.25, 0.3) is 11.8 Å². The first-order valence-electron chi connectivity index (χ1n) is 17.1. The number of amides is 2. The topological polar surface area (TPSA) is 181 Å². The van der Waals surface area contributed by atoms with Crippen LogP contribution >= 0.6 is 0 Å². The molecular weight excluding hydrogens is 743 g/mol. The van der Waals surface area contributed by atoms with Gasteiger partial charge in [0.15, 0.2) is 11.5 Å². The second-order valence-electron chi connectivity index (χ2n) is 12.4. The van der Waals surface area contributed by atoms with E-state index in [1.165, 1.54) is 42.7 Å². The summed E-state index contributed by atoms with van der Waals surface area (Å²) in [6.45, 7) is 5.31. The summed E-state index contributed by atoms with van der Waals surface area (Å²) >= 11 is 0. The Morgan fingerprint density at radius 1 is 0.893 bits per heavy atom. The van der Waals surface area contributed by atoms with Gasteiger partial charge in [0.05, 0.1) is 66.5 Å². The Hall–Kier alpha value is -6.20. The van der Waals surface area contributed by atoms with Gasteiger partial charge in [0.1, 0.15) is 23.4 Å². The van der Waals surface area contributed by atoms with Crippen LogP contribution in [0.15, 0.2) is 73.3 Å². The standard InChI is InChI=1S/C19H16F4N6O2.C18H17FN4O2/c20-14-5-12(1-2-13(14)15-7-24-3-4-31-15)28-18(30)11-6-27-29(10-11)17-9-25-16(8-26-17)19(21,22)23;1-11-13(9-20)3-5-16(22-11)18(24)23-15-4-2-12(8-14(15)19)17-10-21-6-7-25-17/h1-2,5-6,8-10,15,24H,3-4,7H2,(H,28,30);2-5,8,17,21H,6-7,10H2,1H3,(H,23,24)/t15-;17-/m11/s1. The number of aryl methyl sites for hydroxylation is 1. The summed E-state index contributed by atoms with van der Waals surface area (Å²) in [4.78, 5) is 35.7. The number of nitrogens with zero attached hydrogens (tertiary/aromatic N) is 6. The highest BCUT2D eigenvalue weighted by molar-refractivity contribution is 6.04. The van der Waals surface area contributed by atoms with Gasteiger partial charge in [-0.15, -0.1) is 0 Å². The zero-order valence-electron chi connectivity index (χ0n) is 29.5. The summed E-state index contributed by atoms with van der Waals surface area (Å²) in [5.74, 6) is -2.15. The Balaban J connectivity index is 0.000000194. The van der Waals surface area contributed by atoms with Crippen molar-refractivity contribution in [2.75, 3.05) is 50.0 Å². The average molecular weight is 777 g/mol. The molecule has 56 heavy (non-hydrogen) atoms. The molecule has 2 aliphatic heterocycles. The number of halogens is 5. The van der Waals surface area contributed by atoms with E-state index in [1.54, 1.807) is 25.1 Å². The molecule has 7 rings (SSSR count). The van der Waals surface area contributed by atoms with Crippen LogP contribution in [-0.2, 0) is 15.7 Å². The second kappa shape index (κ2) is 17.5. The number of anilines is 2. The highest BCUT2D eigenvalue weighted by atomic mass is 19.4. The molecule has 290 valence electrons. The van der Waals surface area contributed by atoms with Crippen molar-refractivity contribution >= 4 is 23.2 Å². The van der Waals surface area contributed by atoms with Crippen LogP contribution in [0.4, 0.5) is 33.3 Å². The van der Waals surface area contributed by atoms with Crippen LogP contribution in [0.1, 0.15) is 61.1 Å². The molecule has 0 bridgehead atoms. The lowest BCUT2D eigenvalue weighted by Gasteiger charge is -2.24. The maximum absolute atomic E-state index is 14.5. The van der Waals surface area contributed by atoms with E-state index in [2.05, 4.69) is 41.3 Å². The maximum atomic E-state index is 14.5. The largest absolute Gasteiger partial charge is 0.434 e. The van der Waals surface area contributed by atoms with E-state index in [0.29, 0.717) is 55.9 Å². The Morgan fingerprint density at radius 2 is 1.64 bits per heavy atom. The van der Waals surface area contributed by atoms with Gasteiger partial charge < -0.3 is 30.7 Å². The molecule has 5 aromatic rings. The highest BCUT2D eigenvalue weighted by Crippen LogP contribution is 2.28. The molecule has 0 radical (unpaired) electrons. The van der Waals surface area contributed by atoms with E-state index in [4.69, 9.17) is 14.7 Å². The van der Waals surface area contributed by atoms with Crippen molar-refractivity contribution in [1.29, 1.82) is 5.26 Å². The fourth-order valence-electron chi connectivity index (χ4n) is 5.59. The maximum Gasteiger partial charge on any atom is 0.434 e. The van der Waals surface area contributed by atoms with Crippen LogP contribution < -0.4 is 21.3 Å². The van der Waals surface area contributed by atoms with Crippen molar-refractivity contribution in [2.45, 2.75) is 25.3 Å². The first-order valence-corrected chi connectivity index (χ1v) is 17.1. The fourth-order valence-corrected chi connectivity index (χ4v) is 5.59. The average Bonchev–Trinajstić information content (AvgIpc) is 3.70. The van der Waals surface area contributed by atoms with Crippen molar-refractivity contribution in [1.82, 2.24) is 35.4 Å². The summed E-state index contributed by atoms with van der Waals surface area (Å²) in [5.41, 5.74) is 1.35. The van der Waals surface area contributed by atoms with Crippen molar-refractivity contribution in [3.05, 3.63) is 124 Å².